The SMILES string of the molecule is COc1cc(C=NN2C(=O)C3C4C=CC(C4)C3C2=O)cc(Br)c1OCc1ccc(C)cc1. The Balaban J connectivity index is 1.33. The number of nitrogens with zero attached hydrogens (tertiary/aromatic N) is 2. The molecular formula is C25H23BrN2O4. The van der Waals surface area contributed by atoms with Crippen molar-refractivity contribution in [1.82, 2.24) is 5.01 Å². The summed E-state index contributed by atoms with van der Waals surface area (Å²) in [6.07, 6.45) is 6.56. The number of ether oxygens (including phenoxy) is 2. The largest absolute Gasteiger partial charge is 0.493 e. The van der Waals surface area contributed by atoms with Crippen LogP contribution in [0.15, 0.2) is 58.1 Å². The van der Waals surface area contributed by atoms with Crippen LogP contribution in [0.3, 0.4) is 0 Å². The number of allylic oxidation sites excluding steroid dienone is 2. The van der Waals surface area contributed by atoms with Gasteiger partial charge in [-0.05, 0) is 64.4 Å². The number of carbonyl (C=O) groups excluding carboxylic acids is 2. The molecule has 5 rings (SSSR count). The number of fused-ring (bicyclic) bond motifs is 5. The Labute approximate surface area is 195 Å². The van der Waals surface area contributed by atoms with Crippen LogP contribution in [0.2, 0.25) is 0 Å². The number of halogens is 1. The van der Waals surface area contributed by atoms with E-state index in [1.807, 2.05) is 37.3 Å². The molecule has 32 heavy (non-hydrogen) atoms. The number of hydrogen-bond acceptors (Lipinski definition) is 5. The molecule has 2 fully saturated rings. The molecule has 1 saturated carbocycles. The molecule has 164 valence electrons. The summed E-state index contributed by atoms with van der Waals surface area (Å²) in [5.74, 6) is 0.542. The first-order valence-corrected chi connectivity index (χ1v) is 11.4. The van der Waals surface area contributed by atoms with E-state index in [0.29, 0.717) is 28.1 Å². The maximum absolute atomic E-state index is 12.8. The average Bonchev–Trinajstić information content (AvgIpc) is 3.46. The summed E-state index contributed by atoms with van der Waals surface area (Å²) in [7, 11) is 1.57. The zero-order valence-corrected chi connectivity index (χ0v) is 19.4. The smallest absolute Gasteiger partial charge is 0.254 e. The standard InChI is InChI=1S/C25H23BrN2O4/c1-14-3-5-15(6-4-14)13-32-23-19(26)9-16(10-20(23)31-2)12-27-28-24(29)21-17-7-8-18(11-17)22(21)25(28)30/h3-10,12,17-18,21-22H,11,13H2,1-2H3. The molecule has 1 aliphatic heterocycles. The Morgan fingerprint density at radius 1 is 1.09 bits per heavy atom. The van der Waals surface area contributed by atoms with Crippen LogP contribution < -0.4 is 9.47 Å². The van der Waals surface area contributed by atoms with E-state index in [9.17, 15) is 9.59 Å². The first-order valence-electron chi connectivity index (χ1n) is 10.6. The number of rotatable bonds is 6. The molecule has 2 amide bonds. The molecule has 4 unspecified atom stereocenters. The number of hydrogen-bond donors (Lipinski definition) is 0. The Hall–Kier alpha value is -2.93. The van der Waals surface area contributed by atoms with Gasteiger partial charge in [0.2, 0.25) is 0 Å². The summed E-state index contributed by atoms with van der Waals surface area (Å²) < 4.78 is 12.2. The summed E-state index contributed by atoms with van der Waals surface area (Å²) in [5.41, 5.74) is 2.93. The monoisotopic (exact) mass is 494 g/mol. The number of hydrazone groups is 1. The van der Waals surface area contributed by atoms with Gasteiger partial charge in [0, 0.05) is 0 Å². The van der Waals surface area contributed by atoms with Crippen LogP contribution in [0.1, 0.15) is 23.1 Å². The lowest BCUT2D eigenvalue weighted by atomic mass is 9.85. The Kier molecular flexibility index (Phi) is 5.37. The van der Waals surface area contributed by atoms with Crippen LogP contribution in [0.25, 0.3) is 0 Å². The van der Waals surface area contributed by atoms with Crippen LogP contribution in [0.4, 0.5) is 0 Å². The van der Waals surface area contributed by atoms with Gasteiger partial charge in [-0.3, -0.25) is 9.59 Å². The van der Waals surface area contributed by atoms with E-state index >= 15 is 0 Å². The van der Waals surface area contributed by atoms with Gasteiger partial charge in [-0.25, -0.2) is 0 Å². The molecule has 2 bridgehead atoms. The van der Waals surface area contributed by atoms with Crippen molar-refractivity contribution in [3.05, 3.63) is 69.7 Å². The van der Waals surface area contributed by atoms with Gasteiger partial charge in [0.05, 0.1) is 29.6 Å². The highest BCUT2D eigenvalue weighted by Gasteiger charge is 2.59. The Morgan fingerprint density at radius 3 is 2.38 bits per heavy atom. The first-order chi connectivity index (χ1) is 15.5. The van der Waals surface area contributed by atoms with Gasteiger partial charge in [-0.2, -0.15) is 10.1 Å². The molecule has 0 N–H and O–H groups in total. The van der Waals surface area contributed by atoms with E-state index in [1.165, 1.54) is 11.8 Å². The molecule has 1 heterocycles. The normalized spacial score (nSPS) is 25.8. The average molecular weight is 495 g/mol. The number of carbonyl (C=O) groups is 2. The van der Waals surface area contributed by atoms with E-state index in [1.54, 1.807) is 13.2 Å². The minimum atomic E-state index is -0.256. The van der Waals surface area contributed by atoms with Gasteiger partial charge in [0.15, 0.2) is 11.5 Å². The first kappa shape index (κ1) is 20.9. The summed E-state index contributed by atoms with van der Waals surface area (Å²) >= 11 is 3.54. The van der Waals surface area contributed by atoms with Crippen molar-refractivity contribution in [2.75, 3.05) is 7.11 Å². The molecule has 1 saturated heterocycles. The summed E-state index contributed by atoms with van der Waals surface area (Å²) in [5, 5.41) is 5.29. The molecule has 0 aromatic heterocycles. The number of amides is 2. The maximum atomic E-state index is 12.8. The third-order valence-corrected chi connectivity index (χ3v) is 7.11. The Bertz CT molecular complexity index is 1110. The van der Waals surface area contributed by atoms with E-state index < -0.39 is 0 Å². The van der Waals surface area contributed by atoms with Crippen LogP contribution in [-0.4, -0.2) is 30.1 Å². The molecule has 0 spiro atoms. The second-order valence-corrected chi connectivity index (χ2v) is 9.40. The van der Waals surface area contributed by atoms with Crippen molar-refractivity contribution in [2.24, 2.45) is 28.8 Å². The predicted molar refractivity (Wildman–Crippen MR) is 123 cm³/mol. The van der Waals surface area contributed by atoms with Gasteiger partial charge >= 0.3 is 0 Å². The quantitative estimate of drug-likeness (QED) is 0.337. The van der Waals surface area contributed by atoms with Gasteiger partial charge in [-0.1, -0.05) is 42.0 Å². The lowest BCUT2D eigenvalue weighted by Crippen LogP contribution is -2.28. The predicted octanol–water partition coefficient (Wildman–Crippen LogP) is 4.49. The van der Waals surface area contributed by atoms with Crippen molar-refractivity contribution < 1.29 is 19.1 Å². The van der Waals surface area contributed by atoms with Gasteiger partial charge in [-0.15, -0.1) is 0 Å². The fourth-order valence-corrected chi connectivity index (χ4v) is 5.49. The van der Waals surface area contributed by atoms with Crippen LogP contribution in [0.5, 0.6) is 11.5 Å². The second kappa shape index (κ2) is 8.20. The third kappa shape index (κ3) is 3.54. The summed E-state index contributed by atoms with van der Waals surface area (Å²) in [6, 6.07) is 11.7. The minimum absolute atomic E-state index is 0.167. The topological polar surface area (TPSA) is 68.2 Å². The molecule has 3 aliphatic rings. The van der Waals surface area contributed by atoms with Crippen molar-refractivity contribution in [3.63, 3.8) is 0 Å². The van der Waals surface area contributed by atoms with Crippen molar-refractivity contribution >= 4 is 34.0 Å². The molecule has 0 radical (unpaired) electrons. The highest BCUT2D eigenvalue weighted by atomic mass is 79.9. The van der Waals surface area contributed by atoms with E-state index in [0.717, 1.165) is 17.0 Å². The van der Waals surface area contributed by atoms with Gasteiger partial charge < -0.3 is 9.47 Å². The molecular weight excluding hydrogens is 472 g/mol. The fourth-order valence-electron chi connectivity index (χ4n) is 4.92. The second-order valence-electron chi connectivity index (χ2n) is 8.54. The summed E-state index contributed by atoms with van der Waals surface area (Å²) in [6.45, 7) is 2.44. The minimum Gasteiger partial charge on any atom is -0.493 e. The number of benzene rings is 2. The molecule has 2 aromatic rings. The zero-order valence-electron chi connectivity index (χ0n) is 17.8. The Morgan fingerprint density at radius 2 is 1.75 bits per heavy atom. The molecule has 2 aromatic carbocycles. The molecule has 6 nitrogen and oxygen atoms in total. The van der Waals surface area contributed by atoms with Crippen molar-refractivity contribution in [3.8, 4) is 11.5 Å². The maximum Gasteiger partial charge on any atom is 0.254 e. The number of methoxy groups -OCH3 is 1. The lowest BCUT2D eigenvalue weighted by molar-refractivity contribution is -0.140. The van der Waals surface area contributed by atoms with Crippen molar-refractivity contribution in [2.45, 2.75) is 20.0 Å². The third-order valence-electron chi connectivity index (χ3n) is 6.52. The number of aryl methyl sites for hydroxylation is 1. The summed E-state index contributed by atoms with van der Waals surface area (Å²) in [4.78, 5) is 25.6. The van der Waals surface area contributed by atoms with Crippen LogP contribution in [0, 0.1) is 30.6 Å². The molecule has 4 atom stereocenters. The highest BCUT2D eigenvalue weighted by molar-refractivity contribution is 9.10. The van der Waals surface area contributed by atoms with E-state index in [-0.39, 0.29) is 35.5 Å². The van der Waals surface area contributed by atoms with Crippen molar-refractivity contribution in [1.29, 1.82) is 0 Å². The van der Waals surface area contributed by atoms with Gasteiger partial charge in [0.1, 0.15) is 6.61 Å². The van der Waals surface area contributed by atoms with Crippen LogP contribution in [-0.2, 0) is 16.2 Å². The zero-order chi connectivity index (χ0) is 22.4. The van der Waals surface area contributed by atoms with E-state index in [4.69, 9.17) is 9.47 Å². The van der Waals surface area contributed by atoms with Gasteiger partial charge in [0.25, 0.3) is 11.8 Å². The number of imide groups is 1. The fraction of sp³-hybridized carbons (Fsp3) is 0.320. The van der Waals surface area contributed by atoms with Crippen LogP contribution >= 0.6 is 15.9 Å². The lowest BCUT2D eigenvalue weighted by Gasteiger charge is -2.14. The molecule has 2 aliphatic carbocycles. The molecule has 7 heteroatoms. The van der Waals surface area contributed by atoms with E-state index in [2.05, 4.69) is 33.2 Å². The highest BCUT2D eigenvalue weighted by Crippen LogP contribution is 2.52.